The van der Waals surface area contributed by atoms with Gasteiger partial charge in [-0.05, 0) is 12.1 Å². The fourth-order valence-electron chi connectivity index (χ4n) is 1.90. The summed E-state index contributed by atoms with van der Waals surface area (Å²) in [5.41, 5.74) is -0.116. The summed E-state index contributed by atoms with van der Waals surface area (Å²) < 4.78 is 13.2. The number of imidazole rings is 1. The quantitative estimate of drug-likeness (QED) is 0.334. The molecule has 2 rings (SSSR count). The summed E-state index contributed by atoms with van der Waals surface area (Å²) >= 11 is 0. The number of non-ortho nitro benzene ring substituents is 1. The SMILES string of the molecule is CC(C)(C)/C(=C\n1ccnc1)OCCOc1ccc([N+](=O)[O-])cc1. The number of benzene rings is 1. The summed E-state index contributed by atoms with van der Waals surface area (Å²) in [6.07, 6.45) is 7.12. The second kappa shape index (κ2) is 7.63. The van der Waals surface area contributed by atoms with Crippen molar-refractivity contribution in [2.45, 2.75) is 20.8 Å². The van der Waals surface area contributed by atoms with Gasteiger partial charge in [0.2, 0.25) is 0 Å². The zero-order valence-electron chi connectivity index (χ0n) is 14.0. The van der Waals surface area contributed by atoms with Gasteiger partial charge in [0.25, 0.3) is 5.69 Å². The van der Waals surface area contributed by atoms with Crippen LogP contribution in [0.4, 0.5) is 5.69 Å². The smallest absolute Gasteiger partial charge is 0.269 e. The lowest BCUT2D eigenvalue weighted by Crippen LogP contribution is -2.16. The van der Waals surface area contributed by atoms with Gasteiger partial charge < -0.3 is 14.0 Å². The van der Waals surface area contributed by atoms with E-state index in [1.165, 1.54) is 12.1 Å². The van der Waals surface area contributed by atoms with Gasteiger partial charge in [-0.15, -0.1) is 0 Å². The monoisotopic (exact) mass is 331 g/mol. The number of nitrogens with zero attached hydrogens (tertiary/aromatic N) is 3. The van der Waals surface area contributed by atoms with Gasteiger partial charge >= 0.3 is 0 Å². The highest BCUT2D eigenvalue weighted by Crippen LogP contribution is 2.27. The summed E-state index contributed by atoms with van der Waals surface area (Å²) in [6, 6.07) is 5.97. The van der Waals surface area contributed by atoms with E-state index in [1.807, 2.05) is 17.0 Å². The van der Waals surface area contributed by atoms with Crippen LogP contribution in [0.5, 0.6) is 5.75 Å². The Morgan fingerprint density at radius 2 is 2.00 bits per heavy atom. The maximum atomic E-state index is 10.6. The van der Waals surface area contributed by atoms with Crippen LogP contribution in [0.15, 0.2) is 48.7 Å². The highest BCUT2D eigenvalue weighted by molar-refractivity contribution is 5.36. The minimum Gasteiger partial charge on any atom is -0.492 e. The third-order valence-electron chi connectivity index (χ3n) is 3.19. The Morgan fingerprint density at radius 3 is 2.54 bits per heavy atom. The van der Waals surface area contributed by atoms with E-state index in [4.69, 9.17) is 9.47 Å². The molecule has 0 aliphatic heterocycles. The maximum Gasteiger partial charge on any atom is 0.269 e. The van der Waals surface area contributed by atoms with Gasteiger partial charge in [-0.1, -0.05) is 20.8 Å². The molecule has 1 aromatic carbocycles. The van der Waals surface area contributed by atoms with Crippen molar-refractivity contribution in [3.05, 3.63) is 58.9 Å². The molecule has 0 aliphatic rings. The van der Waals surface area contributed by atoms with Crippen LogP contribution in [0.3, 0.4) is 0 Å². The molecule has 24 heavy (non-hydrogen) atoms. The molecule has 0 amide bonds. The second-order valence-corrected chi connectivity index (χ2v) is 6.20. The molecular formula is C17H21N3O4. The molecule has 2 aromatic rings. The first-order valence-electron chi connectivity index (χ1n) is 7.56. The van der Waals surface area contributed by atoms with Crippen LogP contribution >= 0.6 is 0 Å². The molecule has 0 spiro atoms. The highest BCUT2D eigenvalue weighted by Gasteiger charge is 2.19. The van der Waals surface area contributed by atoms with Crippen LogP contribution in [0.1, 0.15) is 20.8 Å². The van der Waals surface area contributed by atoms with E-state index in [9.17, 15) is 10.1 Å². The molecule has 0 bridgehead atoms. The number of nitro benzene ring substituents is 1. The number of allylic oxidation sites excluding steroid dienone is 1. The first kappa shape index (κ1) is 17.5. The van der Waals surface area contributed by atoms with Gasteiger partial charge in [0.1, 0.15) is 24.7 Å². The van der Waals surface area contributed by atoms with E-state index in [1.54, 1.807) is 24.7 Å². The number of hydrogen-bond acceptors (Lipinski definition) is 5. The number of rotatable bonds is 7. The minimum atomic E-state index is -0.441. The number of ether oxygens (including phenoxy) is 2. The molecule has 0 radical (unpaired) electrons. The van der Waals surface area contributed by atoms with Crippen molar-refractivity contribution < 1.29 is 14.4 Å². The molecule has 7 heteroatoms. The predicted molar refractivity (Wildman–Crippen MR) is 90.5 cm³/mol. The average Bonchev–Trinajstić information content (AvgIpc) is 3.03. The summed E-state index contributed by atoms with van der Waals surface area (Å²) in [4.78, 5) is 14.2. The molecule has 0 saturated heterocycles. The molecular weight excluding hydrogens is 310 g/mol. The largest absolute Gasteiger partial charge is 0.492 e. The van der Waals surface area contributed by atoms with Gasteiger partial charge in [0.05, 0.1) is 11.3 Å². The zero-order chi connectivity index (χ0) is 17.6. The molecule has 128 valence electrons. The number of aromatic nitrogens is 2. The van der Waals surface area contributed by atoms with Crippen molar-refractivity contribution in [3.8, 4) is 5.75 Å². The van der Waals surface area contributed by atoms with E-state index in [0.717, 1.165) is 5.76 Å². The Hall–Kier alpha value is -2.83. The van der Waals surface area contributed by atoms with Gasteiger partial charge in [0, 0.05) is 36.1 Å². The Morgan fingerprint density at radius 1 is 1.29 bits per heavy atom. The van der Waals surface area contributed by atoms with Crippen LogP contribution in [0.25, 0.3) is 6.20 Å². The van der Waals surface area contributed by atoms with Crippen molar-refractivity contribution in [2.75, 3.05) is 13.2 Å². The Bertz CT molecular complexity index is 686. The summed E-state index contributed by atoms with van der Waals surface area (Å²) in [5.74, 6) is 1.38. The van der Waals surface area contributed by atoms with Gasteiger partial charge in [-0.3, -0.25) is 10.1 Å². The maximum absolute atomic E-state index is 10.6. The Kier molecular flexibility index (Phi) is 5.57. The predicted octanol–water partition coefficient (Wildman–Crippen LogP) is 3.73. The fraction of sp³-hybridized carbons (Fsp3) is 0.353. The lowest BCUT2D eigenvalue weighted by molar-refractivity contribution is -0.384. The van der Waals surface area contributed by atoms with E-state index in [-0.39, 0.29) is 11.1 Å². The summed E-state index contributed by atoms with van der Waals surface area (Å²) in [6.45, 7) is 6.90. The third-order valence-corrected chi connectivity index (χ3v) is 3.19. The van der Waals surface area contributed by atoms with Crippen molar-refractivity contribution in [3.63, 3.8) is 0 Å². The number of nitro groups is 1. The van der Waals surface area contributed by atoms with E-state index in [2.05, 4.69) is 25.8 Å². The van der Waals surface area contributed by atoms with Crippen LogP contribution in [-0.2, 0) is 4.74 Å². The highest BCUT2D eigenvalue weighted by atomic mass is 16.6. The molecule has 0 aliphatic carbocycles. The average molecular weight is 331 g/mol. The minimum absolute atomic E-state index is 0.0388. The van der Waals surface area contributed by atoms with Gasteiger partial charge in [-0.2, -0.15) is 0 Å². The van der Waals surface area contributed by atoms with E-state index < -0.39 is 4.92 Å². The molecule has 1 aromatic heterocycles. The topological polar surface area (TPSA) is 79.4 Å². The fourth-order valence-corrected chi connectivity index (χ4v) is 1.90. The summed E-state index contributed by atoms with van der Waals surface area (Å²) in [5, 5.41) is 10.6. The lowest BCUT2D eigenvalue weighted by Gasteiger charge is -2.23. The molecule has 0 N–H and O–H groups in total. The molecule has 7 nitrogen and oxygen atoms in total. The lowest BCUT2D eigenvalue weighted by atomic mass is 9.94. The van der Waals surface area contributed by atoms with Crippen LogP contribution < -0.4 is 4.74 Å². The van der Waals surface area contributed by atoms with Crippen molar-refractivity contribution in [2.24, 2.45) is 5.41 Å². The third kappa shape index (κ3) is 5.12. The van der Waals surface area contributed by atoms with Crippen molar-refractivity contribution in [1.82, 2.24) is 9.55 Å². The molecule has 0 unspecified atom stereocenters. The zero-order valence-corrected chi connectivity index (χ0v) is 14.0. The van der Waals surface area contributed by atoms with Gasteiger partial charge in [0.15, 0.2) is 0 Å². The van der Waals surface area contributed by atoms with E-state index >= 15 is 0 Å². The van der Waals surface area contributed by atoms with E-state index in [0.29, 0.717) is 19.0 Å². The van der Waals surface area contributed by atoms with Crippen LogP contribution in [-0.4, -0.2) is 27.7 Å². The van der Waals surface area contributed by atoms with Crippen molar-refractivity contribution in [1.29, 1.82) is 0 Å². The standard InChI is InChI=1S/C17H21N3O4/c1-17(2,3)16(12-19-9-8-18-13-19)24-11-10-23-15-6-4-14(5-7-15)20(21)22/h4-9,12-13H,10-11H2,1-3H3/b16-12+. The van der Waals surface area contributed by atoms with Crippen LogP contribution in [0.2, 0.25) is 0 Å². The molecule has 0 saturated carbocycles. The summed E-state index contributed by atoms with van der Waals surface area (Å²) in [7, 11) is 0. The Balaban J connectivity index is 1.88. The normalized spacial score (nSPS) is 12.0. The first-order chi connectivity index (χ1) is 11.4. The van der Waals surface area contributed by atoms with Gasteiger partial charge in [-0.25, -0.2) is 4.98 Å². The molecule has 0 atom stereocenters. The molecule has 0 fully saturated rings. The number of hydrogen-bond donors (Lipinski definition) is 0. The second-order valence-electron chi connectivity index (χ2n) is 6.20. The Labute approximate surface area is 140 Å². The van der Waals surface area contributed by atoms with Crippen molar-refractivity contribution >= 4 is 11.9 Å². The van der Waals surface area contributed by atoms with Crippen LogP contribution in [0, 0.1) is 15.5 Å². The molecule has 1 heterocycles. The first-order valence-corrected chi connectivity index (χ1v) is 7.56.